The second-order valence-electron chi connectivity index (χ2n) is 6.71. The molecule has 0 radical (unpaired) electrons. The molecule has 25 heavy (non-hydrogen) atoms. The van der Waals surface area contributed by atoms with Crippen molar-refractivity contribution in [2.45, 2.75) is 25.3 Å². The van der Waals surface area contributed by atoms with Crippen LogP contribution in [-0.2, 0) is 17.9 Å². The van der Waals surface area contributed by atoms with Crippen molar-refractivity contribution in [3.63, 3.8) is 0 Å². The first-order chi connectivity index (χ1) is 12.2. The molecule has 1 saturated heterocycles. The molecule has 2 aromatic rings. The number of carbonyl (C=O) groups is 1. The third kappa shape index (κ3) is 3.25. The fourth-order valence-electron chi connectivity index (χ4n) is 3.64. The SMILES string of the molecule is COc1cccc(CN2CCC3(C2)NC(=O)c2ccccc2CO3)c1. The Morgan fingerprint density at radius 3 is 3.00 bits per heavy atom. The molecule has 2 heterocycles. The summed E-state index contributed by atoms with van der Waals surface area (Å²) in [5.41, 5.74) is 2.25. The Bertz CT molecular complexity index is 792. The minimum Gasteiger partial charge on any atom is -0.497 e. The average Bonchev–Trinajstić information content (AvgIpc) is 2.96. The van der Waals surface area contributed by atoms with Gasteiger partial charge in [-0.25, -0.2) is 0 Å². The number of hydrogen-bond donors (Lipinski definition) is 1. The molecule has 2 aliphatic rings. The van der Waals surface area contributed by atoms with Gasteiger partial charge in [0.25, 0.3) is 5.91 Å². The second kappa shape index (κ2) is 6.50. The first-order valence-electron chi connectivity index (χ1n) is 8.57. The van der Waals surface area contributed by atoms with Gasteiger partial charge in [-0.2, -0.15) is 0 Å². The Hall–Kier alpha value is -2.37. The van der Waals surface area contributed by atoms with Crippen molar-refractivity contribution in [1.82, 2.24) is 10.2 Å². The minimum absolute atomic E-state index is 0.0451. The van der Waals surface area contributed by atoms with Crippen LogP contribution in [-0.4, -0.2) is 36.7 Å². The van der Waals surface area contributed by atoms with Gasteiger partial charge in [-0.15, -0.1) is 0 Å². The van der Waals surface area contributed by atoms with Gasteiger partial charge in [-0.3, -0.25) is 9.69 Å². The van der Waals surface area contributed by atoms with E-state index in [1.165, 1.54) is 5.56 Å². The summed E-state index contributed by atoms with van der Waals surface area (Å²) >= 11 is 0. The number of benzene rings is 2. The maximum Gasteiger partial charge on any atom is 0.253 e. The lowest BCUT2D eigenvalue weighted by molar-refractivity contribution is -0.0629. The number of ether oxygens (including phenoxy) is 2. The predicted molar refractivity (Wildman–Crippen MR) is 94.3 cm³/mol. The van der Waals surface area contributed by atoms with Gasteiger partial charge in [0.15, 0.2) is 5.72 Å². The largest absolute Gasteiger partial charge is 0.497 e. The lowest BCUT2D eigenvalue weighted by Gasteiger charge is -2.29. The fraction of sp³-hybridized carbons (Fsp3) is 0.350. The standard InChI is InChI=1S/C20H22N2O3/c1-24-17-7-4-5-15(11-17)12-22-10-9-20(14-22)21-19(23)18-8-3-2-6-16(18)13-25-20/h2-8,11H,9-10,12-14H2,1H3,(H,21,23). The molecule has 130 valence electrons. The van der Waals surface area contributed by atoms with E-state index in [-0.39, 0.29) is 5.91 Å². The van der Waals surface area contributed by atoms with Crippen molar-refractivity contribution in [3.05, 3.63) is 65.2 Å². The van der Waals surface area contributed by atoms with Crippen molar-refractivity contribution in [1.29, 1.82) is 0 Å². The molecule has 1 unspecified atom stereocenters. The van der Waals surface area contributed by atoms with Crippen LogP contribution in [0.3, 0.4) is 0 Å². The molecule has 1 atom stereocenters. The third-order valence-corrected chi connectivity index (χ3v) is 4.96. The van der Waals surface area contributed by atoms with Crippen LogP contribution in [0.15, 0.2) is 48.5 Å². The molecule has 1 spiro atoms. The normalized spacial score (nSPS) is 23.2. The van der Waals surface area contributed by atoms with Gasteiger partial charge in [-0.1, -0.05) is 30.3 Å². The molecule has 1 N–H and O–H groups in total. The summed E-state index contributed by atoms with van der Waals surface area (Å²) in [5, 5.41) is 3.12. The number of nitrogens with zero attached hydrogens (tertiary/aromatic N) is 1. The molecule has 0 aromatic heterocycles. The van der Waals surface area contributed by atoms with Crippen LogP contribution in [0.1, 0.15) is 27.9 Å². The first kappa shape index (κ1) is 16.1. The number of carbonyl (C=O) groups excluding carboxylic acids is 1. The van der Waals surface area contributed by atoms with E-state index < -0.39 is 5.72 Å². The van der Waals surface area contributed by atoms with Gasteiger partial charge >= 0.3 is 0 Å². The molecule has 0 saturated carbocycles. The number of likely N-dealkylation sites (tertiary alicyclic amines) is 1. The minimum atomic E-state index is -0.602. The van der Waals surface area contributed by atoms with Crippen LogP contribution < -0.4 is 10.1 Å². The van der Waals surface area contributed by atoms with Crippen LogP contribution in [0, 0.1) is 0 Å². The lowest BCUT2D eigenvalue weighted by Crippen LogP contribution is -2.51. The van der Waals surface area contributed by atoms with Crippen LogP contribution in [0.4, 0.5) is 0 Å². The average molecular weight is 338 g/mol. The van der Waals surface area contributed by atoms with Crippen molar-refractivity contribution < 1.29 is 14.3 Å². The van der Waals surface area contributed by atoms with Crippen molar-refractivity contribution in [3.8, 4) is 5.75 Å². The van der Waals surface area contributed by atoms with Crippen LogP contribution in [0.25, 0.3) is 0 Å². The summed E-state index contributed by atoms with van der Waals surface area (Å²) in [6.45, 7) is 2.84. The van der Waals surface area contributed by atoms with Crippen molar-refractivity contribution in [2.75, 3.05) is 20.2 Å². The monoisotopic (exact) mass is 338 g/mol. The number of hydrogen-bond acceptors (Lipinski definition) is 4. The molecule has 2 aromatic carbocycles. The Labute approximate surface area is 147 Å². The lowest BCUT2D eigenvalue weighted by atomic mass is 10.1. The van der Waals surface area contributed by atoms with Crippen LogP contribution >= 0.6 is 0 Å². The highest BCUT2D eigenvalue weighted by molar-refractivity contribution is 5.96. The Kier molecular flexibility index (Phi) is 4.19. The van der Waals surface area contributed by atoms with E-state index in [1.54, 1.807) is 7.11 Å². The summed E-state index contributed by atoms with van der Waals surface area (Å²) in [4.78, 5) is 14.9. The number of methoxy groups -OCH3 is 1. The maximum absolute atomic E-state index is 12.6. The predicted octanol–water partition coefficient (Wildman–Crippen LogP) is 2.56. The summed E-state index contributed by atoms with van der Waals surface area (Å²) in [6, 6.07) is 15.7. The van der Waals surface area contributed by atoms with Gasteiger partial charge in [0.1, 0.15) is 5.75 Å². The Morgan fingerprint density at radius 1 is 1.24 bits per heavy atom. The molecule has 0 aliphatic carbocycles. The van der Waals surface area contributed by atoms with Gasteiger partial charge in [0, 0.05) is 31.6 Å². The number of amides is 1. The van der Waals surface area contributed by atoms with Crippen molar-refractivity contribution >= 4 is 5.91 Å². The molecule has 5 nitrogen and oxygen atoms in total. The quantitative estimate of drug-likeness (QED) is 0.934. The number of fused-ring (bicyclic) bond motifs is 1. The fourth-order valence-corrected chi connectivity index (χ4v) is 3.64. The van der Waals surface area contributed by atoms with E-state index in [0.29, 0.717) is 18.7 Å². The highest BCUT2D eigenvalue weighted by Gasteiger charge is 2.42. The smallest absolute Gasteiger partial charge is 0.253 e. The number of rotatable bonds is 3. The highest BCUT2D eigenvalue weighted by Crippen LogP contribution is 2.29. The maximum atomic E-state index is 12.6. The topological polar surface area (TPSA) is 50.8 Å². The molecular formula is C20H22N2O3. The summed E-state index contributed by atoms with van der Waals surface area (Å²) < 4.78 is 11.5. The van der Waals surface area contributed by atoms with Crippen LogP contribution in [0.5, 0.6) is 5.75 Å². The molecule has 2 aliphatic heterocycles. The van der Waals surface area contributed by atoms with Crippen LogP contribution in [0.2, 0.25) is 0 Å². The van der Waals surface area contributed by atoms with Gasteiger partial charge in [0.2, 0.25) is 0 Å². The van der Waals surface area contributed by atoms with Gasteiger partial charge in [-0.05, 0) is 29.3 Å². The Morgan fingerprint density at radius 2 is 2.12 bits per heavy atom. The third-order valence-electron chi connectivity index (χ3n) is 4.96. The zero-order chi connectivity index (χ0) is 17.3. The summed E-state index contributed by atoms with van der Waals surface area (Å²) in [5.74, 6) is 0.817. The number of nitrogens with one attached hydrogen (secondary N) is 1. The summed E-state index contributed by atoms with van der Waals surface area (Å²) in [7, 11) is 1.68. The molecule has 4 rings (SSSR count). The highest BCUT2D eigenvalue weighted by atomic mass is 16.5. The van der Waals surface area contributed by atoms with E-state index >= 15 is 0 Å². The zero-order valence-electron chi connectivity index (χ0n) is 14.3. The van der Waals surface area contributed by atoms with E-state index in [0.717, 1.165) is 30.8 Å². The van der Waals surface area contributed by atoms with E-state index in [1.807, 2.05) is 42.5 Å². The van der Waals surface area contributed by atoms with Crippen molar-refractivity contribution in [2.24, 2.45) is 0 Å². The molecule has 5 heteroatoms. The van der Waals surface area contributed by atoms with E-state index in [9.17, 15) is 4.79 Å². The van der Waals surface area contributed by atoms with E-state index in [2.05, 4.69) is 16.3 Å². The van der Waals surface area contributed by atoms with E-state index in [4.69, 9.17) is 9.47 Å². The van der Waals surface area contributed by atoms with Gasteiger partial charge in [0.05, 0.1) is 13.7 Å². The zero-order valence-corrected chi connectivity index (χ0v) is 14.3. The van der Waals surface area contributed by atoms with Gasteiger partial charge < -0.3 is 14.8 Å². The molecular weight excluding hydrogens is 316 g/mol. The summed E-state index contributed by atoms with van der Waals surface area (Å²) in [6.07, 6.45) is 0.788. The molecule has 1 amide bonds. The Balaban J connectivity index is 1.47. The molecule has 0 bridgehead atoms. The second-order valence-corrected chi connectivity index (χ2v) is 6.71. The molecule has 1 fully saturated rings. The first-order valence-corrected chi connectivity index (χ1v) is 8.57.